The minimum Gasteiger partial charge on any atom is -0.481 e. The molecular formula is C24H36O5. The fourth-order valence-corrected chi connectivity index (χ4v) is 8.46. The summed E-state index contributed by atoms with van der Waals surface area (Å²) in [5.41, 5.74) is -1.65. The second-order valence-electron chi connectivity index (χ2n) is 10.7. The van der Waals surface area contributed by atoms with Gasteiger partial charge < -0.3 is 10.2 Å². The number of aliphatic carboxylic acids is 1. The zero-order chi connectivity index (χ0) is 21.1. The molecule has 0 amide bonds. The van der Waals surface area contributed by atoms with Gasteiger partial charge in [-0.05, 0) is 48.9 Å². The molecule has 162 valence electrons. The number of hydrogen-bond acceptors (Lipinski definition) is 4. The smallest absolute Gasteiger partial charge is 0.310 e. The highest BCUT2D eigenvalue weighted by Crippen LogP contribution is 2.66. The van der Waals surface area contributed by atoms with Crippen LogP contribution in [0.3, 0.4) is 0 Å². The fraction of sp³-hybridized carbons (Fsp3) is 0.875. The van der Waals surface area contributed by atoms with Crippen LogP contribution in [0.5, 0.6) is 0 Å². The predicted molar refractivity (Wildman–Crippen MR) is 108 cm³/mol. The van der Waals surface area contributed by atoms with Crippen molar-refractivity contribution in [2.75, 3.05) is 0 Å². The summed E-state index contributed by atoms with van der Waals surface area (Å²) in [6, 6.07) is 0. The molecular weight excluding hydrogens is 368 g/mol. The lowest BCUT2D eigenvalue weighted by atomic mass is 9.43. The first-order valence-electron chi connectivity index (χ1n) is 11.7. The van der Waals surface area contributed by atoms with Gasteiger partial charge in [-0.2, -0.15) is 0 Å². The first-order valence-corrected chi connectivity index (χ1v) is 11.7. The van der Waals surface area contributed by atoms with Gasteiger partial charge >= 0.3 is 5.97 Å². The summed E-state index contributed by atoms with van der Waals surface area (Å²) in [5.74, 6) is -1.65. The van der Waals surface area contributed by atoms with E-state index in [9.17, 15) is 24.6 Å². The topological polar surface area (TPSA) is 91.7 Å². The van der Waals surface area contributed by atoms with Crippen LogP contribution in [-0.4, -0.2) is 33.9 Å². The van der Waals surface area contributed by atoms with Gasteiger partial charge in [-0.1, -0.05) is 46.5 Å². The number of carboxylic acid groups (broad SMARTS) is 1. The lowest BCUT2D eigenvalue weighted by Crippen LogP contribution is -2.62. The van der Waals surface area contributed by atoms with Crippen LogP contribution in [0.15, 0.2) is 0 Å². The van der Waals surface area contributed by atoms with Crippen molar-refractivity contribution in [1.29, 1.82) is 0 Å². The Bertz CT molecular complexity index is 716. The molecule has 29 heavy (non-hydrogen) atoms. The molecule has 4 aliphatic carbocycles. The van der Waals surface area contributed by atoms with Crippen LogP contribution < -0.4 is 0 Å². The van der Waals surface area contributed by atoms with E-state index >= 15 is 0 Å². The van der Waals surface area contributed by atoms with E-state index < -0.39 is 34.7 Å². The van der Waals surface area contributed by atoms with Crippen molar-refractivity contribution in [1.82, 2.24) is 0 Å². The molecule has 4 rings (SSSR count). The van der Waals surface area contributed by atoms with Crippen molar-refractivity contribution in [3.05, 3.63) is 0 Å². The highest BCUT2D eigenvalue weighted by atomic mass is 16.4. The maximum absolute atomic E-state index is 13.6. The Kier molecular flexibility index (Phi) is 5.20. The molecule has 0 bridgehead atoms. The van der Waals surface area contributed by atoms with Crippen molar-refractivity contribution < 1.29 is 24.6 Å². The molecule has 0 aromatic heterocycles. The van der Waals surface area contributed by atoms with Crippen LogP contribution in [0, 0.1) is 46.3 Å². The predicted octanol–water partition coefficient (Wildman–Crippen LogP) is 3.87. The lowest BCUT2D eigenvalue weighted by Gasteiger charge is -2.58. The van der Waals surface area contributed by atoms with Crippen LogP contribution in [0.4, 0.5) is 0 Å². The average Bonchev–Trinajstić information content (AvgIpc) is 2.93. The Labute approximate surface area is 173 Å². The normalized spacial score (nSPS) is 47.9. The van der Waals surface area contributed by atoms with E-state index in [1.165, 1.54) is 0 Å². The molecule has 4 fully saturated rings. The number of Topliss-reactive ketones (excluding diaryl/α,β-unsaturated/α-hetero) is 2. The number of hydrogen-bond donors (Lipinski definition) is 2. The number of aliphatic hydroxyl groups excluding tert-OH is 1. The average molecular weight is 405 g/mol. The van der Waals surface area contributed by atoms with Gasteiger partial charge in [0.25, 0.3) is 0 Å². The number of aliphatic hydroxyl groups is 1. The number of rotatable bonds is 4. The zero-order valence-corrected chi connectivity index (χ0v) is 18.0. The minimum atomic E-state index is -0.939. The van der Waals surface area contributed by atoms with Crippen molar-refractivity contribution in [3.63, 3.8) is 0 Å². The van der Waals surface area contributed by atoms with Gasteiger partial charge in [0.1, 0.15) is 11.6 Å². The fourth-order valence-electron chi connectivity index (χ4n) is 8.46. The third-order valence-corrected chi connectivity index (χ3v) is 9.60. The third kappa shape index (κ3) is 2.72. The third-order valence-electron chi connectivity index (χ3n) is 9.60. The first kappa shape index (κ1) is 21.0. The molecule has 0 heterocycles. The Morgan fingerprint density at radius 1 is 1.21 bits per heavy atom. The summed E-state index contributed by atoms with van der Waals surface area (Å²) in [6.07, 6.45) is 5.50. The highest BCUT2D eigenvalue weighted by Gasteiger charge is 2.70. The van der Waals surface area contributed by atoms with Crippen molar-refractivity contribution in [2.24, 2.45) is 46.3 Å². The van der Waals surface area contributed by atoms with Gasteiger partial charge in [0.05, 0.1) is 11.5 Å². The summed E-state index contributed by atoms with van der Waals surface area (Å²) in [4.78, 5) is 39.6. The quantitative estimate of drug-likeness (QED) is 0.742. The molecule has 5 nitrogen and oxygen atoms in total. The second-order valence-corrected chi connectivity index (χ2v) is 10.7. The van der Waals surface area contributed by atoms with Crippen LogP contribution in [0.1, 0.15) is 78.6 Å². The van der Waals surface area contributed by atoms with Gasteiger partial charge in [-0.25, -0.2) is 0 Å². The number of fused-ring (bicyclic) bond motifs is 5. The number of carbonyl (C=O) groups is 3. The van der Waals surface area contributed by atoms with Crippen molar-refractivity contribution in [3.8, 4) is 0 Å². The van der Waals surface area contributed by atoms with Gasteiger partial charge in [0.15, 0.2) is 0 Å². The summed E-state index contributed by atoms with van der Waals surface area (Å²) >= 11 is 0. The number of carboxylic acids is 1. The zero-order valence-electron chi connectivity index (χ0n) is 18.0. The maximum Gasteiger partial charge on any atom is 0.310 e. The first-order chi connectivity index (χ1) is 13.7. The summed E-state index contributed by atoms with van der Waals surface area (Å²) in [7, 11) is 0. The molecule has 9 atom stereocenters. The summed E-state index contributed by atoms with van der Waals surface area (Å²) in [6.45, 7) is 6.20. The SMILES string of the molecule is CCC[C@@H](C)[C@H]1C(O)C[C@H]2[C@@H]3C(=O)C[C@@H]4CCCC[C@]4(C(=O)O)[C@H]3CC(=O)[C@]12C. The largest absolute Gasteiger partial charge is 0.481 e. The van der Waals surface area contributed by atoms with Gasteiger partial charge in [-0.3, -0.25) is 14.4 Å². The van der Waals surface area contributed by atoms with Crippen LogP contribution in [0.2, 0.25) is 0 Å². The van der Waals surface area contributed by atoms with Gasteiger partial charge in [-0.15, -0.1) is 0 Å². The van der Waals surface area contributed by atoms with E-state index in [1.807, 2.05) is 6.92 Å². The minimum absolute atomic E-state index is 0.0906. The molecule has 4 saturated carbocycles. The molecule has 0 spiro atoms. The molecule has 0 radical (unpaired) electrons. The molecule has 0 aromatic carbocycles. The van der Waals surface area contributed by atoms with Crippen molar-refractivity contribution >= 4 is 17.5 Å². The number of carbonyl (C=O) groups excluding carboxylic acids is 2. The molecule has 0 aliphatic heterocycles. The molecule has 2 N–H and O–H groups in total. The standard InChI is InChI=1S/C24H36O5/c1-4-7-13(2)21-18(26)11-15-20-16(12-19(27)23(15,21)3)24(22(28)29)9-6-5-8-14(24)10-17(20)25/h13-16,18,20-21,26H,4-12H2,1-3H3,(H,28,29)/t13-,14+,15+,16+,18?,20+,21+,23-,24-/m1/s1. The summed E-state index contributed by atoms with van der Waals surface area (Å²) in [5, 5.41) is 21.3. The van der Waals surface area contributed by atoms with Gasteiger partial charge in [0, 0.05) is 24.2 Å². The molecule has 4 aliphatic rings. The van der Waals surface area contributed by atoms with E-state index in [0.29, 0.717) is 19.3 Å². The van der Waals surface area contributed by atoms with Crippen molar-refractivity contribution in [2.45, 2.75) is 84.7 Å². The Morgan fingerprint density at radius 3 is 2.59 bits per heavy atom. The Hall–Kier alpha value is -1.23. The monoisotopic (exact) mass is 404 g/mol. The highest BCUT2D eigenvalue weighted by molar-refractivity contribution is 5.94. The van der Waals surface area contributed by atoms with E-state index in [0.717, 1.165) is 32.1 Å². The lowest BCUT2D eigenvalue weighted by molar-refractivity contribution is -0.183. The molecule has 5 heteroatoms. The Morgan fingerprint density at radius 2 is 1.93 bits per heavy atom. The molecule has 0 saturated heterocycles. The Balaban J connectivity index is 1.77. The van der Waals surface area contributed by atoms with E-state index in [1.54, 1.807) is 0 Å². The second kappa shape index (κ2) is 7.18. The summed E-state index contributed by atoms with van der Waals surface area (Å²) < 4.78 is 0. The van der Waals surface area contributed by atoms with Crippen LogP contribution >= 0.6 is 0 Å². The van der Waals surface area contributed by atoms with Crippen LogP contribution in [0.25, 0.3) is 0 Å². The maximum atomic E-state index is 13.6. The van der Waals surface area contributed by atoms with E-state index in [-0.39, 0.29) is 41.7 Å². The number of ketones is 2. The van der Waals surface area contributed by atoms with Gasteiger partial charge in [0.2, 0.25) is 0 Å². The molecule has 0 aromatic rings. The molecule has 1 unspecified atom stereocenters. The van der Waals surface area contributed by atoms with E-state index in [2.05, 4.69) is 13.8 Å². The van der Waals surface area contributed by atoms with Crippen LogP contribution in [-0.2, 0) is 14.4 Å². The van der Waals surface area contributed by atoms with E-state index in [4.69, 9.17) is 0 Å².